The number of H-pyrrole nitrogens is 1. The summed E-state index contributed by atoms with van der Waals surface area (Å²) in [7, 11) is 5.17. The summed E-state index contributed by atoms with van der Waals surface area (Å²) in [6, 6.07) is 14.0. The molecule has 160 valence electrons. The van der Waals surface area contributed by atoms with Crippen LogP contribution in [0.4, 0.5) is 5.69 Å². The molecule has 7 heteroatoms. The van der Waals surface area contributed by atoms with Gasteiger partial charge in [0.1, 0.15) is 10.7 Å². The van der Waals surface area contributed by atoms with Gasteiger partial charge in [-0.25, -0.2) is 4.98 Å². The molecule has 0 bridgehead atoms. The summed E-state index contributed by atoms with van der Waals surface area (Å²) >= 11 is 1.55. The Kier molecular flexibility index (Phi) is 5.69. The van der Waals surface area contributed by atoms with Crippen LogP contribution in [0.5, 0.6) is 11.5 Å². The number of thiophene rings is 1. The fraction of sp³-hybridized carbons (Fsp3) is 0.250. The summed E-state index contributed by atoms with van der Waals surface area (Å²) in [6.45, 7) is 4.55. The molecular weight excluding hydrogens is 410 g/mol. The zero-order valence-corrected chi connectivity index (χ0v) is 19.1. The lowest BCUT2D eigenvalue weighted by Gasteiger charge is -2.20. The lowest BCUT2D eigenvalue weighted by atomic mass is 10.0. The van der Waals surface area contributed by atoms with E-state index in [4.69, 9.17) is 14.5 Å². The van der Waals surface area contributed by atoms with Crippen LogP contribution >= 0.6 is 11.3 Å². The molecule has 6 nitrogen and oxygen atoms in total. The number of rotatable bonds is 6. The molecule has 0 aliphatic rings. The van der Waals surface area contributed by atoms with Crippen LogP contribution in [0, 0.1) is 13.8 Å². The third kappa shape index (κ3) is 4.01. The van der Waals surface area contributed by atoms with Gasteiger partial charge >= 0.3 is 0 Å². The number of anilines is 1. The van der Waals surface area contributed by atoms with Gasteiger partial charge in [0.05, 0.1) is 26.2 Å². The van der Waals surface area contributed by atoms with Crippen molar-refractivity contribution in [2.45, 2.75) is 20.4 Å². The summed E-state index contributed by atoms with van der Waals surface area (Å²) in [5.74, 6) is 1.94. The molecule has 0 saturated carbocycles. The first-order valence-corrected chi connectivity index (χ1v) is 10.8. The lowest BCUT2D eigenvalue weighted by molar-refractivity contribution is 0.355. The molecule has 31 heavy (non-hydrogen) atoms. The standard InChI is InChI=1S/C24H25N3O3S/c1-14-6-8-16(9-7-14)21-15(2)31-24-22(21)23(28)25-20(26-24)13-27(3)17-10-11-18(29-4)19(12-17)30-5/h6-12H,13H2,1-5H3,(H,25,26,28). The van der Waals surface area contributed by atoms with Crippen molar-refractivity contribution in [1.82, 2.24) is 9.97 Å². The Labute approximate surface area is 185 Å². The predicted octanol–water partition coefficient (Wildman–Crippen LogP) is 4.92. The van der Waals surface area contributed by atoms with Crippen LogP contribution in [0.2, 0.25) is 0 Å². The van der Waals surface area contributed by atoms with E-state index >= 15 is 0 Å². The Morgan fingerprint density at radius 1 is 1.03 bits per heavy atom. The van der Waals surface area contributed by atoms with Gasteiger partial charge in [-0.3, -0.25) is 4.79 Å². The zero-order valence-electron chi connectivity index (χ0n) is 18.3. The summed E-state index contributed by atoms with van der Waals surface area (Å²) in [6.07, 6.45) is 0. The van der Waals surface area contributed by atoms with Gasteiger partial charge < -0.3 is 19.4 Å². The molecule has 4 rings (SSSR count). The maximum absolute atomic E-state index is 13.0. The molecule has 4 aromatic rings. The Balaban J connectivity index is 1.69. The second-order valence-electron chi connectivity index (χ2n) is 7.49. The highest BCUT2D eigenvalue weighted by molar-refractivity contribution is 7.19. The first-order chi connectivity index (χ1) is 14.9. The molecule has 2 aromatic heterocycles. The van der Waals surface area contributed by atoms with Gasteiger partial charge in [0, 0.05) is 29.2 Å². The molecule has 0 amide bonds. The molecule has 0 spiro atoms. The topological polar surface area (TPSA) is 67.5 Å². The van der Waals surface area contributed by atoms with Crippen LogP contribution in [-0.4, -0.2) is 31.2 Å². The zero-order chi connectivity index (χ0) is 22.1. The number of methoxy groups -OCH3 is 2. The molecular formula is C24H25N3O3S. The van der Waals surface area contributed by atoms with E-state index in [0.29, 0.717) is 29.3 Å². The van der Waals surface area contributed by atoms with Gasteiger partial charge in [-0.15, -0.1) is 11.3 Å². The molecule has 0 aliphatic carbocycles. The number of aromatic nitrogens is 2. The first-order valence-electron chi connectivity index (χ1n) is 9.93. The van der Waals surface area contributed by atoms with Crippen molar-refractivity contribution in [3.05, 3.63) is 69.1 Å². The number of hydrogen-bond donors (Lipinski definition) is 1. The molecule has 0 atom stereocenters. The maximum Gasteiger partial charge on any atom is 0.260 e. The molecule has 1 N–H and O–H groups in total. The summed E-state index contributed by atoms with van der Waals surface area (Å²) in [4.78, 5) is 24.6. The minimum Gasteiger partial charge on any atom is -0.493 e. The van der Waals surface area contributed by atoms with Crippen LogP contribution in [-0.2, 0) is 6.54 Å². The highest BCUT2D eigenvalue weighted by Gasteiger charge is 2.17. The van der Waals surface area contributed by atoms with Crippen molar-refractivity contribution in [2.24, 2.45) is 0 Å². The Morgan fingerprint density at radius 2 is 1.74 bits per heavy atom. The molecule has 0 unspecified atom stereocenters. The fourth-order valence-electron chi connectivity index (χ4n) is 3.68. The number of ether oxygens (including phenoxy) is 2. The van der Waals surface area contributed by atoms with Gasteiger partial charge in [-0.2, -0.15) is 0 Å². The minimum atomic E-state index is -0.111. The molecule has 2 aromatic carbocycles. The summed E-state index contributed by atoms with van der Waals surface area (Å²) in [5.41, 5.74) is 4.02. The SMILES string of the molecule is COc1ccc(N(C)Cc2nc3sc(C)c(-c4ccc(C)cc4)c3c(=O)[nH]2)cc1OC. The van der Waals surface area contributed by atoms with Crippen molar-refractivity contribution >= 4 is 27.2 Å². The largest absolute Gasteiger partial charge is 0.493 e. The van der Waals surface area contributed by atoms with Crippen molar-refractivity contribution in [3.8, 4) is 22.6 Å². The second kappa shape index (κ2) is 8.43. The first kappa shape index (κ1) is 20.9. The third-order valence-electron chi connectivity index (χ3n) is 5.32. The van der Waals surface area contributed by atoms with E-state index in [1.54, 1.807) is 25.6 Å². The normalized spacial score (nSPS) is 11.0. The number of benzene rings is 2. The van der Waals surface area contributed by atoms with E-state index in [9.17, 15) is 4.79 Å². The fourth-order valence-corrected chi connectivity index (χ4v) is 4.75. The van der Waals surface area contributed by atoms with Crippen LogP contribution in [0.1, 0.15) is 16.3 Å². The van der Waals surface area contributed by atoms with Crippen molar-refractivity contribution < 1.29 is 9.47 Å². The predicted molar refractivity (Wildman–Crippen MR) is 127 cm³/mol. The second-order valence-corrected chi connectivity index (χ2v) is 8.69. The molecule has 2 heterocycles. The highest BCUT2D eigenvalue weighted by atomic mass is 32.1. The van der Waals surface area contributed by atoms with Crippen molar-refractivity contribution in [2.75, 3.05) is 26.2 Å². The summed E-state index contributed by atoms with van der Waals surface area (Å²) in [5, 5.41) is 0.656. The number of hydrogen-bond acceptors (Lipinski definition) is 6. The number of aryl methyl sites for hydroxylation is 2. The van der Waals surface area contributed by atoms with Crippen molar-refractivity contribution in [3.63, 3.8) is 0 Å². The monoisotopic (exact) mass is 435 g/mol. The molecule has 0 radical (unpaired) electrons. The average Bonchev–Trinajstić information content (AvgIpc) is 3.10. The Bertz CT molecular complexity index is 1290. The van der Waals surface area contributed by atoms with E-state index in [1.807, 2.05) is 37.1 Å². The highest BCUT2D eigenvalue weighted by Crippen LogP contribution is 2.36. The van der Waals surface area contributed by atoms with Crippen LogP contribution in [0.25, 0.3) is 21.3 Å². The number of nitrogens with zero attached hydrogens (tertiary/aromatic N) is 2. The number of fused-ring (bicyclic) bond motifs is 1. The third-order valence-corrected chi connectivity index (χ3v) is 6.32. The average molecular weight is 436 g/mol. The van der Waals surface area contributed by atoms with E-state index in [2.05, 4.69) is 36.2 Å². The molecule has 0 saturated heterocycles. The van der Waals surface area contributed by atoms with Gasteiger partial charge in [0.15, 0.2) is 11.5 Å². The van der Waals surface area contributed by atoms with Crippen LogP contribution < -0.4 is 19.9 Å². The van der Waals surface area contributed by atoms with E-state index in [-0.39, 0.29) is 5.56 Å². The van der Waals surface area contributed by atoms with Crippen LogP contribution in [0.3, 0.4) is 0 Å². The van der Waals surface area contributed by atoms with Gasteiger partial charge in [-0.05, 0) is 31.5 Å². The Hall–Kier alpha value is -3.32. The quantitative estimate of drug-likeness (QED) is 0.466. The van der Waals surface area contributed by atoms with Gasteiger partial charge in [0.2, 0.25) is 0 Å². The van der Waals surface area contributed by atoms with E-state index in [1.165, 1.54) is 5.56 Å². The van der Waals surface area contributed by atoms with Gasteiger partial charge in [0.25, 0.3) is 5.56 Å². The summed E-state index contributed by atoms with van der Waals surface area (Å²) < 4.78 is 10.7. The number of aromatic amines is 1. The smallest absolute Gasteiger partial charge is 0.260 e. The van der Waals surface area contributed by atoms with E-state index in [0.717, 1.165) is 26.5 Å². The number of nitrogens with one attached hydrogen (secondary N) is 1. The van der Waals surface area contributed by atoms with Gasteiger partial charge in [-0.1, -0.05) is 29.8 Å². The van der Waals surface area contributed by atoms with Crippen molar-refractivity contribution in [1.29, 1.82) is 0 Å². The lowest BCUT2D eigenvalue weighted by Crippen LogP contribution is -2.21. The van der Waals surface area contributed by atoms with Crippen LogP contribution in [0.15, 0.2) is 47.3 Å². The molecule has 0 fully saturated rings. The minimum absolute atomic E-state index is 0.111. The van der Waals surface area contributed by atoms with E-state index < -0.39 is 0 Å². The Morgan fingerprint density at radius 3 is 2.42 bits per heavy atom. The molecule has 0 aliphatic heterocycles. The maximum atomic E-state index is 13.0.